The Hall–Kier alpha value is -2.00. The number of hydrogen-bond acceptors (Lipinski definition) is 8. The molecule has 3 heterocycles. The number of esters is 2. The van der Waals surface area contributed by atoms with Crippen LogP contribution in [0.2, 0.25) is 0 Å². The van der Waals surface area contributed by atoms with E-state index >= 15 is 0 Å². The third-order valence-corrected chi connectivity index (χ3v) is 5.90. The molecular weight excluding hydrogens is 368 g/mol. The molecule has 0 amide bonds. The third kappa shape index (κ3) is 3.30. The highest BCUT2D eigenvalue weighted by atomic mass is 16.7. The Morgan fingerprint density at radius 1 is 1.46 bits per heavy atom. The van der Waals surface area contributed by atoms with Crippen molar-refractivity contribution in [1.29, 1.82) is 0 Å². The van der Waals surface area contributed by atoms with Gasteiger partial charge in [0.25, 0.3) is 0 Å². The van der Waals surface area contributed by atoms with Crippen LogP contribution in [-0.4, -0.2) is 63.6 Å². The molecule has 3 rings (SSSR count). The monoisotopic (exact) mass is 394 g/mol. The number of ether oxygens (including phenoxy) is 3. The van der Waals surface area contributed by atoms with Crippen LogP contribution in [-0.2, 0) is 23.8 Å². The lowest BCUT2D eigenvalue weighted by Gasteiger charge is -2.34. The first kappa shape index (κ1) is 20.7. The van der Waals surface area contributed by atoms with Gasteiger partial charge in [0.2, 0.25) is 0 Å². The van der Waals surface area contributed by atoms with Crippen molar-refractivity contribution >= 4 is 11.9 Å². The minimum Gasteiger partial charge on any atom is -0.458 e. The van der Waals surface area contributed by atoms with Crippen LogP contribution in [0, 0.1) is 5.92 Å². The molecule has 0 aliphatic carbocycles. The van der Waals surface area contributed by atoms with E-state index in [1.165, 1.54) is 6.08 Å². The van der Waals surface area contributed by atoms with Crippen molar-refractivity contribution in [2.75, 3.05) is 6.61 Å². The molecule has 3 aliphatic heterocycles. The molecule has 28 heavy (non-hydrogen) atoms. The molecule has 0 aromatic rings. The molecule has 8 heteroatoms. The molecule has 6 unspecified atom stereocenters. The number of aliphatic hydroxyl groups is 3. The van der Waals surface area contributed by atoms with Gasteiger partial charge in [0.05, 0.1) is 24.2 Å². The maximum absolute atomic E-state index is 12.4. The molecule has 0 aromatic heterocycles. The van der Waals surface area contributed by atoms with Crippen molar-refractivity contribution in [3.63, 3.8) is 0 Å². The van der Waals surface area contributed by atoms with Gasteiger partial charge in [0.15, 0.2) is 5.79 Å². The predicted octanol–water partition coefficient (Wildman–Crippen LogP) is 0.513. The van der Waals surface area contributed by atoms with Crippen molar-refractivity contribution in [3.8, 4) is 0 Å². The maximum Gasteiger partial charge on any atom is 0.334 e. The van der Waals surface area contributed by atoms with E-state index in [0.717, 1.165) is 0 Å². The number of aliphatic hydroxyl groups excluding tert-OH is 2. The SMILES string of the molecule is C=C1C(=O)OC2/C=C(/CO)C3(O)CC(O)C(C)(CC(OC(=O)/C(C)=C/C)C12)O3. The lowest BCUT2D eigenvalue weighted by molar-refractivity contribution is -0.211. The largest absolute Gasteiger partial charge is 0.458 e. The lowest BCUT2D eigenvalue weighted by Crippen LogP contribution is -2.44. The smallest absolute Gasteiger partial charge is 0.334 e. The fraction of sp³-hybridized carbons (Fsp3) is 0.600. The summed E-state index contributed by atoms with van der Waals surface area (Å²) in [6, 6.07) is 0. The second kappa shape index (κ2) is 7.11. The van der Waals surface area contributed by atoms with E-state index in [0.29, 0.717) is 5.57 Å². The van der Waals surface area contributed by atoms with Gasteiger partial charge in [-0.3, -0.25) is 0 Å². The summed E-state index contributed by atoms with van der Waals surface area (Å²) in [5.41, 5.74) is -0.700. The average Bonchev–Trinajstić information content (AvgIpc) is 3.04. The third-order valence-electron chi connectivity index (χ3n) is 5.90. The highest BCUT2D eigenvalue weighted by Crippen LogP contribution is 2.48. The second-order valence-electron chi connectivity index (χ2n) is 7.81. The first-order valence-electron chi connectivity index (χ1n) is 9.21. The van der Waals surface area contributed by atoms with Crippen LogP contribution in [0.4, 0.5) is 0 Å². The molecule has 0 aromatic carbocycles. The molecule has 2 saturated heterocycles. The first-order valence-corrected chi connectivity index (χ1v) is 9.21. The summed E-state index contributed by atoms with van der Waals surface area (Å²) in [5, 5.41) is 31.3. The second-order valence-corrected chi connectivity index (χ2v) is 7.81. The summed E-state index contributed by atoms with van der Waals surface area (Å²) in [4.78, 5) is 24.6. The maximum atomic E-state index is 12.4. The van der Waals surface area contributed by atoms with Gasteiger partial charge in [-0.1, -0.05) is 12.7 Å². The van der Waals surface area contributed by atoms with Crippen molar-refractivity contribution in [2.24, 2.45) is 5.92 Å². The van der Waals surface area contributed by atoms with Gasteiger partial charge in [0, 0.05) is 29.6 Å². The molecule has 3 N–H and O–H groups in total. The molecular formula is C20H26O8. The number of rotatable bonds is 3. The topological polar surface area (TPSA) is 123 Å². The van der Waals surface area contributed by atoms with E-state index in [1.54, 1.807) is 26.8 Å². The molecule has 6 atom stereocenters. The lowest BCUT2D eigenvalue weighted by atomic mass is 9.80. The van der Waals surface area contributed by atoms with Crippen LogP contribution in [0.5, 0.6) is 0 Å². The van der Waals surface area contributed by atoms with Gasteiger partial charge < -0.3 is 29.5 Å². The number of carbonyl (C=O) groups excluding carboxylic acids is 2. The molecule has 2 fully saturated rings. The van der Waals surface area contributed by atoms with Gasteiger partial charge in [-0.05, 0) is 26.8 Å². The van der Waals surface area contributed by atoms with Crippen molar-refractivity contribution in [2.45, 2.75) is 63.3 Å². The highest BCUT2D eigenvalue weighted by molar-refractivity contribution is 5.92. The average molecular weight is 394 g/mol. The van der Waals surface area contributed by atoms with Crippen LogP contribution < -0.4 is 0 Å². The fourth-order valence-electron chi connectivity index (χ4n) is 4.02. The zero-order chi connectivity index (χ0) is 20.9. The zero-order valence-electron chi connectivity index (χ0n) is 16.2. The number of hydrogen-bond donors (Lipinski definition) is 3. The molecule has 3 aliphatic rings. The Bertz CT molecular complexity index is 768. The number of fused-ring (bicyclic) bond motifs is 3. The normalized spacial score (nSPS) is 42.6. The summed E-state index contributed by atoms with van der Waals surface area (Å²) < 4.78 is 16.8. The summed E-state index contributed by atoms with van der Waals surface area (Å²) in [6.07, 6.45) is -0.0427. The van der Waals surface area contributed by atoms with E-state index in [9.17, 15) is 24.9 Å². The summed E-state index contributed by atoms with van der Waals surface area (Å²) in [6.45, 7) is 8.11. The summed E-state index contributed by atoms with van der Waals surface area (Å²) >= 11 is 0. The van der Waals surface area contributed by atoms with Crippen molar-refractivity contribution < 1.29 is 39.1 Å². The quantitative estimate of drug-likeness (QED) is 0.360. The Balaban J connectivity index is 2.09. The molecule has 8 nitrogen and oxygen atoms in total. The van der Waals surface area contributed by atoms with Crippen LogP contribution in [0.25, 0.3) is 0 Å². The van der Waals surface area contributed by atoms with Gasteiger partial charge in [-0.15, -0.1) is 0 Å². The highest BCUT2D eigenvalue weighted by Gasteiger charge is 2.58. The van der Waals surface area contributed by atoms with Crippen LogP contribution >= 0.6 is 0 Å². The predicted molar refractivity (Wildman–Crippen MR) is 96.7 cm³/mol. The first-order chi connectivity index (χ1) is 13.0. The van der Waals surface area contributed by atoms with Crippen molar-refractivity contribution in [3.05, 3.63) is 35.5 Å². The Labute approximate surface area is 163 Å². The molecule has 2 bridgehead atoms. The van der Waals surface area contributed by atoms with Gasteiger partial charge in [0.1, 0.15) is 12.2 Å². The fourth-order valence-corrected chi connectivity index (χ4v) is 4.02. The minimum absolute atomic E-state index is 0.00257. The van der Waals surface area contributed by atoms with E-state index in [-0.39, 0.29) is 24.0 Å². The zero-order valence-corrected chi connectivity index (χ0v) is 16.2. The van der Waals surface area contributed by atoms with E-state index in [1.807, 2.05) is 0 Å². The van der Waals surface area contributed by atoms with Crippen LogP contribution in [0.15, 0.2) is 35.5 Å². The van der Waals surface area contributed by atoms with E-state index in [4.69, 9.17) is 14.2 Å². The van der Waals surface area contributed by atoms with E-state index < -0.39 is 54.2 Å². The van der Waals surface area contributed by atoms with Crippen LogP contribution in [0.1, 0.15) is 33.6 Å². The van der Waals surface area contributed by atoms with Gasteiger partial charge in [-0.2, -0.15) is 0 Å². The Kier molecular flexibility index (Phi) is 5.26. The van der Waals surface area contributed by atoms with Gasteiger partial charge >= 0.3 is 11.9 Å². The van der Waals surface area contributed by atoms with Crippen molar-refractivity contribution in [1.82, 2.24) is 0 Å². The molecule has 0 radical (unpaired) electrons. The Morgan fingerprint density at radius 3 is 2.75 bits per heavy atom. The molecule has 0 spiro atoms. The van der Waals surface area contributed by atoms with Gasteiger partial charge in [-0.25, -0.2) is 9.59 Å². The molecule has 154 valence electrons. The number of allylic oxidation sites excluding steroid dienone is 1. The Morgan fingerprint density at radius 2 is 2.14 bits per heavy atom. The van der Waals surface area contributed by atoms with Crippen LogP contribution in [0.3, 0.4) is 0 Å². The standard InChI is InChI=1S/C20H26O8/c1-5-10(2)17(23)27-14-7-19(4)15(22)8-20(25,28-19)12(9-21)6-13-16(14)11(3)18(24)26-13/h5-6,13-16,21-22,25H,3,7-9H2,1-2,4H3/b10-5+,12-6-. The minimum atomic E-state index is -1.91. The number of carbonyl (C=O) groups is 2. The summed E-state index contributed by atoms with van der Waals surface area (Å²) in [5.74, 6) is -3.87. The molecule has 0 saturated carbocycles. The summed E-state index contributed by atoms with van der Waals surface area (Å²) in [7, 11) is 0. The van der Waals surface area contributed by atoms with E-state index in [2.05, 4.69) is 6.58 Å².